The zero-order valence-electron chi connectivity index (χ0n) is 9.20. The molecule has 1 aromatic rings. The number of nitrogens with zero attached hydrogens (tertiary/aromatic N) is 1. The molecule has 0 bridgehead atoms. The first-order chi connectivity index (χ1) is 7.95. The summed E-state index contributed by atoms with van der Waals surface area (Å²) in [6.45, 7) is 5.30. The van der Waals surface area contributed by atoms with E-state index >= 15 is 0 Å². The van der Waals surface area contributed by atoms with Crippen LogP contribution in [-0.4, -0.2) is 10.8 Å². The zero-order chi connectivity index (χ0) is 13.0. The monoisotopic (exact) mass is 298 g/mol. The number of carbonyl (C=O) groups excluding carboxylic acids is 1. The highest BCUT2D eigenvalue weighted by Crippen LogP contribution is 2.26. The summed E-state index contributed by atoms with van der Waals surface area (Å²) in [4.78, 5) is 21.3. The summed E-state index contributed by atoms with van der Waals surface area (Å²) in [6, 6.07) is 2.91. The molecule has 0 heterocycles. The number of nitro benzene ring substituents is 1. The lowest BCUT2D eigenvalue weighted by Gasteiger charge is -2.07. The van der Waals surface area contributed by atoms with Crippen LogP contribution in [0.5, 0.6) is 0 Å². The topological polar surface area (TPSA) is 72.2 Å². The lowest BCUT2D eigenvalue weighted by atomic mass is 10.1. The van der Waals surface area contributed by atoms with Crippen molar-refractivity contribution in [3.63, 3.8) is 0 Å². The molecule has 5 nitrogen and oxygen atoms in total. The molecule has 1 amide bonds. The summed E-state index contributed by atoms with van der Waals surface area (Å²) >= 11 is 3.34. The number of nitro groups is 1. The van der Waals surface area contributed by atoms with Gasteiger partial charge in [-0.1, -0.05) is 22.5 Å². The Kier molecular flexibility index (Phi) is 4.39. The van der Waals surface area contributed by atoms with Gasteiger partial charge in [-0.05, 0) is 24.1 Å². The quantitative estimate of drug-likeness (QED) is 0.527. The maximum Gasteiger partial charge on any atom is 0.270 e. The van der Waals surface area contributed by atoms with Crippen molar-refractivity contribution < 1.29 is 9.72 Å². The number of hydrogen-bond donors (Lipinski definition) is 1. The number of amides is 1. The van der Waals surface area contributed by atoms with E-state index in [0.717, 1.165) is 16.1 Å². The molecule has 0 atom stereocenters. The first-order valence-electron chi connectivity index (χ1n) is 4.79. The Hall–Kier alpha value is -1.69. The summed E-state index contributed by atoms with van der Waals surface area (Å²) in [5, 5.41) is 13.3. The van der Waals surface area contributed by atoms with Crippen LogP contribution >= 0.6 is 15.9 Å². The third-order valence-electron chi connectivity index (χ3n) is 2.16. The second kappa shape index (κ2) is 5.58. The predicted octanol–water partition coefficient (Wildman–Crippen LogP) is 2.47. The van der Waals surface area contributed by atoms with Gasteiger partial charge in [0.15, 0.2) is 0 Å². The van der Waals surface area contributed by atoms with Crippen LogP contribution in [0, 0.1) is 17.0 Å². The van der Waals surface area contributed by atoms with Crippen LogP contribution in [0.3, 0.4) is 0 Å². The van der Waals surface area contributed by atoms with E-state index in [-0.39, 0.29) is 18.1 Å². The summed E-state index contributed by atoms with van der Waals surface area (Å²) in [6.07, 6.45) is 1.15. The number of carbonyl (C=O) groups is 1. The first-order valence-corrected chi connectivity index (χ1v) is 5.58. The van der Waals surface area contributed by atoms with Gasteiger partial charge in [-0.15, -0.1) is 0 Å². The van der Waals surface area contributed by atoms with Gasteiger partial charge in [-0.25, -0.2) is 0 Å². The summed E-state index contributed by atoms with van der Waals surface area (Å²) in [5.74, 6) is -0.318. The average molecular weight is 299 g/mol. The zero-order valence-corrected chi connectivity index (χ0v) is 10.8. The minimum absolute atomic E-state index is 0.00792. The van der Waals surface area contributed by atoms with E-state index in [0.29, 0.717) is 5.56 Å². The Bertz CT molecular complexity index is 486. The Labute approximate surface area is 107 Å². The van der Waals surface area contributed by atoms with Crippen molar-refractivity contribution >= 4 is 27.5 Å². The predicted molar refractivity (Wildman–Crippen MR) is 67.6 cm³/mol. The van der Waals surface area contributed by atoms with Crippen LogP contribution in [0.2, 0.25) is 0 Å². The molecule has 0 fully saturated rings. The molecule has 90 valence electrons. The standard InChI is InChI=1S/C11H11BrN2O3/c1-3-10(15)13-6-8-5-9(14(16)17)4-7(2)11(8)12/h3-5H,1,6H2,2H3,(H,13,15). The van der Waals surface area contributed by atoms with Gasteiger partial charge in [0.25, 0.3) is 5.69 Å². The molecule has 0 aliphatic heterocycles. The highest BCUT2D eigenvalue weighted by molar-refractivity contribution is 9.10. The normalized spacial score (nSPS) is 9.76. The van der Waals surface area contributed by atoms with Gasteiger partial charge >= 0.3 is 0 Å². The second-order valence-corrected chi connectivity index (χ2v) is 4.21. The third kappa shape index (κ3) is 3.39. The van der Waals surface area contributed by atoms with E-state index in [2.05, 4.69) is 27.8 Å². The smallest absolute Gasteiger partial charge is 0.270 e. The Morgan fingerprint density at radius 3 is 2.82 bits per heavy atom. The summed E-state index contributed by atoms with van der Waals surface area (Å²) in [7, 11) is 0. The van der Waals surface area contributed by atoms with E-state index in [1.54, 1.807) is 6.92 Å². The number of benzene rings is 1. The van der Waals surface area contributed by atoms with Crippen LogP contribution in [0.15, 0.2) is 29.3 Å². The van der Waals surface area contributed by atoms with Crippen molar-refractivity contribution in [1.82, 2.24) is 5.32 Å². The van der Waals surface area contributed by atoms with E-state index in [1.807, 2.05) is 0 Å². The molecule has 0 aromatic heterocycles. The van der Waals surface area contributed by atoms with Crippen LogP contribution in [0.25, 0.3) is 0 Å². The summed E-state index contributed by atoms with van der Waals surface area (Å²) < 4.78 is 0.757. The van der Waals surface area contributed by atoms with Gasteiger partial charge < -0.3 is 5.32 Å². The van der Waals surface area contributed by atoms with E-state index in [9.17, 15) is 14.9 Å². The van der Waals surface area contributed by atoms with E-state index < -0.39 is 4.92 Å². The number of rotatable bonds is 4. The molecule has 0 radical (unpaired) electrons. The van der Waals surface area contributed by atoms with Crippen molar-refractivity contribution in [3.8, 4) is 0 Å². The number of non-ortho nitro benzene ring substituents is 1. The minimum atomic E-state index is -0.460. The number of halogens is 1. The lowest BCUT2D eigenvalue weighted by Crippen LogP contribution is -2.20. The molecule has 1 aromatic carbocycles. The van der Waals surface area contributed by atoms with Crippen molar-refractivity contribution in [2.45, 2.75) is 13.5 Å². The van der Waals surface area contributed by atoms with Crippen molar-refractivity contribution in [2.75, 3.05) is 0 Å². The molecule has 0 saturated carbocycles. The molecule has 0 saturated heterocycles. The van der Waals surface area contributed by atoms with Gasteiger partial charge in [-0.2, -0.15) is 0 Å². The number of hydrogen-bond acceptors (Lipinski definition) is 3. The Morgan fingerprint density at radius 1 is 1.65 bits per heavy atom. The molecular formula is C11H11BrN2O3. The molecule has 1 rings (SSSR count). The Morgan fingerprint density at radius 2 is 2.29 bits per heavy atom. The fourth-order valence-corrected chi connectivity index (χ4v) is 1.68. The molecule has 0 spiro atoms. The fraction of sp³-hybridized carbons (Fsp3) is 0.182. The molecule has 0 aliphatic carbocycles. The van der Waals surface area contributed by atoms with Crippen LogP contribution in [0.1, 0.15) is 11.1 Å². The highest BCUT2D eigenvalue weighted by Gasteiger charge is 2.12. The van der Waals surface area contributed by atoms with Gasteiger partial charge in [-0.3, -0.25) is 14.9 Å². The van der Waals surface area contributed by atoms with Gasteiger partial charge in [0.1, 0.15) is 0 Å². The molecule has 6 heteroatoms. The number of aryl methyl sites for hydroxylation is 1. The van der Waals surface area contributed by atoms with E-state index in [1.165, 1.54) is 12.1 Å². The van der Waals surface area contributed by atoms with Gasteiger partial charge in [0.2, 0.25) is 5.91 Å². The number of nitrogens with one attached hydrogen (secondary N) is 1. The second-order valence-electron chi connectivity index (χ2n) is 3.41. The van der Waals surface area contributed by atoms with Gasteiger partial charge in [0, 0.05) is 23.2 Å². The largest absolute Gasteiger partial charge is 0.348 e. The molecule has 0 unspecified atom stereocenters. The van der Waals surface area contributed by atoms with Crippen molar-refractivity contribution in [2.24, 2.45) is 0 Å². The maximum absolute atomic E-state index is 11.0. The lowest BCUT2D eigenvalue weighted by molar-refractivity contribution is -0.385. The van der Waals surface area contributed by atoms with Crippen molar-refractivity contribution in [3.05, 3.63) is 50.5 Å². The maximum atomic E-state index is 11.0. The molecule has 17 heavy (non-hydrogen) atoms. The fourth-order valence-electron chi connectivity index (χ4n) is 1.31. The molecule has 0 aliphatic rings. The average Bonchev–Trinajstić information content (AvgIpc) is 2.30. The van der Waals surface area contributed by atoms with Crippen LogP contribution in [-0.2, 0) is 11.3 Å². The van der Waals surface area contributed by atoms with Crippen molar-refractivity contribution in [1.29, 1.82) is 0 Å². The van der Waals surface area contributed by atoms with E-state index in [4.69, 9.17) is 0 Å². The first kappa shape index (κ1) is 13.4. The highest BCUT2D eigenvalue weighted by atomic mass is 79.9. The molecule has 1 N–H and O–H groups in total. The Balaban J connectivity index is 3.01. The third-order valence-corrected chi connectivity index (χ3v) is 3.30. The SMILES string of the molecule is C=CC(=O)NCc1cc([N+](=O)[O-])cc(C)c1Br. The minimum Gasteiger partial charge on any atom is -0.348 e. The summed E-state index contributed by atoms with van der Waals surface area (Å²) in [5.41, 5.74) is 1.42. The molecular weight excluding hydrogens is 288 g/mol. The van der Waals surface area contributed by atoms with Crippen LogP contribution < -0.4 is 5.32 Å². The van der Waals surface area contributed by atoms with Crippen LogP contribution in [0.4, 0.5) is 5.69 Å². The van der Waals surface area contributed by atoms with Gasteiger partial charge in [0.05, 0.1) is 4.92 Å².